The van der Waals surface area contributed by atoms with Crippen molar-refractivity contribution in [1.82, 2.24) is 4.90 Å². The van der Waals surface area contributed by atoms with E-state index in [9.17, 15) is 0 Å². The van der Waals surface area contributed by atoms with Gasteiger partial charge in [-0.15, -0.1) is 0 Å². The fourth-order valence-corrected chi connectivity index (χ4v) is 0.728. The molecule has 2 heteroatoms. The van der Waals surface area contributed by atoms with E-state index < -0.39 is 0 Å². The minimum Gasteiger partial charge on any atom is -0.299 e. The second-order valence-electron chi connectivity index (χ2n) is 4.08. The van der Waals surface area contributed by atoms with Crippen molar-refractivity contribution >= 4 is 6.72 Å². The molecule has 0 heterocycles. The van der Waals surface area contributed by atoms with Crippen molar-refractivity contribution in [3.63, 3.8) is 0 Å². The van der Waals surface area contributed by atoms with Crippen molar-refractivity contribution in [3.8, 4) is 0 Å². The van der Waals surface area contributed by atoms with Crippen LogP contribution < -0.4 is 0 Å². The zero-order valence-electron chi connectivity index (χ0n) is 8.39. The van der Waals surface area contributed by atoms with Crippen molar-refractivity contribution in [2.75, 3.05) is 13.6 Å². The fourth-order valence-electron chi connectivity index (χ4n) is 0.728. The molecular weight excluding hydrogens is 136 g/mol. The summed E-state index contributed by atoms with van der Waals surface area (Å²) in [5.74, 6) is 0. The second kappa shape index (κ2) is 3.86. The minimum absolute atomic E-state index is 0.235. The van der Waals surface area contributed by atoms with Crippen LogP contribution in [-0.4, -0.2) is 36.8 Å². The lowest BCUT2D eigenvalue weighted by molar-refractivity contribution is 0.169. The Balaban J connectivity index is 3.87. The molecule has 0 saturated heterocycles. The van der Waals surface area contributed by atoms with Gasteiger partial charge >= 0.3 is 0 Å². The van der Waals surface area contributed by atoms with E-state index >= 15 is 0 Å². The summed E-state index contributed by atoms with van der Waals surface area (Å²) >= 11 is 0. The van der Waals surface area contributed by atoms with E-state index in [2.05, 4.69) is 51.4 Å². The highest BCUT2D eigenvalue weighted by atomic mass is 15.2. The van der Waals surface area contributed by atoms with Gasteiger partial charge in [-0.2, -0.15) is 0 Å². The van der Waals surface area contributed by atoms with Crippen LogP contribution in [0.15, 0.2) is 4.99 Å². The van der Waals surface area contributed by atoms with E-state index in [1.54, 1.807) is 0 Å². The van der Waals surface area contributed by atoms with Gasteiger partial charge in [-0.05, 0) is 41.5 Å². The predicted octanol–water partition coefficient (Wildman–Crippen LogP) is 1.81. The molecule has 2 nitrogen and oxygen atoms in total. The average Bonchev–Trinajstić information content (AvgIpc) is 1.85. The number of aliphatic imine (C=N–C) groups is 1. The van der Waals surface area contributed by atoms with Crippen LogP contribution in [0.4, 0.5) is 0 Å². The SMILES string of the molecule is C=NC(C)CN(C)C(C)(C)C. The van der Waals surface area contributed by atoms with E-state index in [0.29, 0.717) is 6.04 Å². The molecule has 0 rings (SSSR count). The summed E-state index contributed by atoms with van der Waals surface area (Å²) in [5.41, 5.74) is 0.235. The number of likely N-dealkylation sites (N-methyl/N-ethyl adjacent to an activating group) is 1. The lowest BCUT2D eigenvalue weighted by atomic mass is 10.1. The van der Waals surface area contributed by atoms with Crippen LogP contribution in [0, 0.1) is 0 Å². The first-order chi connectivity index (χ1) is 4.88. The summed E-state index contributed by atoms with van der Waals surface area (Å²) < 4.78 is 0. The van der Waals surface area contributed by atoms with Gasteiger partial charge in [0.15, 0.2) is 0 Å². The van der Waals surface area contributed by atoms with E-state index in [-0.39, 0.29) is 5.54 Å². The Morgan fingerprint density at radius 3 is 2.18 bits per heavy atom. The summed E-state index contributed by atoms with van der Waals surface area (Å²) in [4.78, 5) is 6.23. The summed E-state index contributed by atoms with van der Waals surface area (Å²) in [6, 6.07) is 0.333. The molecule has 0 aromatic rings. The maximum absolute atomic E-state index is 3.95. The highest BCUT2D eigenvalue weighted by molar-refractivity contribution is 5.24. The molecular formula is C9H20N2. The molecule has 1 atom stereocenters. The Bertz CT molecular complexity index is 124. The van der Waals surface area contributed by atoms with E-state index in [1.807, 2.05) is 0 Å². The third-order valence-electron chi connectivity index (χ3n) is 1.99. The summed E-state index contributed by atoms with van der Waals surface area (Å²) in [7, 11) is 2.11. The maximum Gasteiger partial charge on any atom is 0.0591 e. The number of hydrogen-bond donors (Lipinski definition) is 0. The first-order valence-corrected chi connectivity index (χ1v) is 4.05. The summed E-state index contributed by atoms with van der Waals surface area (Å²) in [6.45, 7) is 13.2. The molecule has 0 N–H and O–H groups in total. The van der Waals surface area contributed by atoms with Crippen LogP contribution in [-0.2, 0) is 0 Å². The molecule has 0 aliphatic rings. The monoisotopic (exact) mass is 156 g/mol. The topological polar surface area (TPSA) is 15.6 Å². The normalized spacial score (nSPS) is 15.1. The van der Waals surface area contributed by atoms with Crippen molar-refractivity contribution < 1.29 is 0 Å². The largest absolute Gasteiger partial charge is 0.299 e. The number of nitrogens with zero attached hydrogens (tertiary/aromatic N) is 2. The Hall–Kier alpha value is -0.370. The average molecular weight is 156 g/mol. The standard InChI is InChI=1S/C9H20N2/c1-8(10-5)7-11(6)9(2,3)4/h8H,5,7H2,1-4,6H3. The third kappa shape index (κ3) is 4.14. The molecule has 66 valence electrons. The molecule has 0 aliphatic carbocycles. The zero-order valence-corrected chi connectivity index (χ0v) is 8.39. The van der Waals surface area contributed by atoms with Gasteiger partial charge in [0, 0.05) is 12.1 Å². The van der Waals surface area contributed by atoms with Crippen LogP contribution in [0.3, 0.4) is 0 Å². The summed E-state index contributed by atoms with van der Waals surface area (Å²) in [6.07, 6.45) is 0. The van der Waals surface area contributed by atoms with Gasteiger partial charge < -0.3 is 0 Å². The molecule has 0 fully saturated rings. The Morgan fingerprint density at radius 2 is 1.91 bits per heavy atom. The Labute approximate surface area is 70.3 Å². The third-order valence-corrected chi connectivity index (χ3v) is 1.99. The zero-order chi connectivity index (χ0) is 9.07. The minimum atomic E-state index is 0.235. The molecule has 0 bridgehead atoms. The first-order valence-electron chi connectivity index (χ1n) is 4.05. The van der Waals surface area contributed by atoms with Crippen LogP contribution in [0.25, 0.3) is 0 Å². The quantitative estimate of drug-likeness (QED) is 0.569. The van der Waals surface area contributed by atoms with Crippen molar-refractivity contribution in [2.45, 2.75) is 39.3 Å². The molecule has 1 unspecified atom stereocenters. The molecule has 0 aromatic heterocycles. The highest BCUT2D eigenvalue weighted by Gasteiger charge is 2.17. The van der Waals surface area contributed by atoms with E-state index in [0.717, 1.165) is 6.54 Å². The van der Waals surface area contributed by atoms with Gasteiger partial charge in [-0.25, -0.2) is 0 Å². The first kappa shape index (κ1) is 10.6. The molecule has 11 heavy (non-hydrogen) atoms. The molecule has 0 aliphatic heterocycles. The van der Waals surface area contributed by atoms with Crippen molar-refractivity contribution in [3.05, 3.63) is 0 Å². The smallest absolute Gasteiger partial charge is 0.0591 e. The van der Waals surface area contributed by atoms with E-state index in [1.165, 1.54) is 0 Å². The van der Waals surface area contributed by atoms with Gasteiger partial charge in [0.25, 0.3) is 0 Å². The maximum atomic E-state index is 3.95. The molecule has 0 saturated carbocycles. The highest BCUT2D eigenvalue weighted by Crippen LogP contribution is 2.10. The Kier molecular flexibility index (Phi) is 3.73. The van der Waals surface area contributed by atoms with Crippen LogP contribution in [0.5, 0.6) is 0 Å². The van der Waals surface area contributed by atoms with Crippen molar-refractivity contribution in [1.29, 1.82) is 0 Å². The van der Waals surface area contributed by atoms with Crippen LogP contribution >= 0.6 is 0 Å². The predicted molar refractivity (Wildman–Crippen MR) is 51.4 cm³/mol. The van der Waals surface area contributed by atoms with Crippen LogP contribution in [0.2, 0.25) is 0 Å². The lowest BCUT2D eigenvalue weighted by Gasteiger charge is -2.32. The van der Waals surface area contributed by atoms with E-state index in [4.69, 9.17) is 0 Å². The molecule has 0 amide bonds. The Morgan fingerprint density at radius 1 is 1.45 bits per heavy atom. The number of hydrogen-bond acceptors (Lipinski definition) is 2. The molecule has 0 aromatic carbocycles. The second-order valence-corrected chi connectivity index (χ2v) is 4.08. The summed E-state index contributed by atoms with van der Waals surface area (Å²) in [5, 5.41) is 0. The van der Waals surface area contributed by atoms with Gasteiger partial charge in [-0.1, -0.05) is 0 Å². The number of rotatable bonds is 3. The van der Waals surface area contributed by atoms with Gasteiger partial charge in [0.05, 0.1) is 6.04 Å². The van der Waals surface area contributed by atoms with Gasteiger partial charge in [0.2, 0.25) is 0 Å². The van der Waals surface area contributed by atoms with Crippen molar-refractivity contribution in [2.24, 2.45) is 4.99 Å². The molecule has 0 radical (unpaired) electrons. The fraction of sp³-hybridized carbons (Fsp3) is 0.889. The van der Waals surface area contributed by atoms with Gasteiger partial charge in [0.1, 0.15) is 0 Å². The lowest BCUT2D eigenvalue weighted by Crippen LogP contribution is -2.41. The van der Waals surface area contributed by atoms with Gasteiger partial charge in [-0.3, -0.25) is 9.89 Å². The van der Waals surface area contributed by atoms with Crippen LogP contribution in [0.1, 0.15) is 27.7 Å². The molecule has 0 spiro atoms.